The molecular weight excluding hydrogens is 298 g/mol. The summed E-state index contributed by atoms with van der Waals surface area (Å²) in [5.41, 5.74) is 5.26. The maximum atomic E-state index is 12.2. The van der Waals surface area contributed by atoms with Crippen LogP contribution in [-0.2, 0) is 19.2 Å². The van der Waals surface area contributed by atoms with Crippen molar-refractivity contribution in [1.82, 2.24) is 10.4 Å². The molecule has 1 saturated heterocycles. The van der Waals surface area contributed by atoms with Gasteiger partial charge in [0.25, 0.3) is 5.91 Å². The monoisotopic (exact) mass is 317 g/mol. The molecule has 0 radical (unpaired) electrons. The first-order valence-corrected chi connectivity index (χ1v) is 6.72. The molecular formula is C12H19N3O7. The lowest BCUT2D eigenvalue weighted by atomic mass is 9.94. The van der Waals surface area contributed by atoms with Gasteiger partial charge < -0.3 is 21.3 Å². The fraction of sp³-hybridized carbons (Fsp3) is 0.667. The maximum Gasteiger partial charge on any atom is 0.329 e. The molecule has 0 spiro atoms. The molecule has 22 heavy (non-hydrogen) atoms. The van der Waals surface area contributed by atoms with E-state index >= 15 is 0 Å². The SMILES string of the molecule is NCC(=O)[C@H]1CCN[C@@H]1C(=O)N(O)[C@@H](CCC(=O)O)C(=O)O. The highest BCUT2D eigenvalue weighted by atomic mass is 16.5. The van der Waals surface area contributed by atoms with Gasteiger partial charge in [0.1, 0.15) is 0 Å². The summed E-state index contributed by atoms with van der Waals surface area (Å²) in [6.07, 6.45) is -0.618. The Morgan fingerprint density at radius 3 is 2.41 bits per heavy atom. The Kier molecular flexibility index (Phi) is 6.40. The molecule has 10 heteroatoms. The largest absolute Gasteiger partial charge is 0.481 e. The van der Waals surface area contributed by atoms with Gasteiger partial charge in [-0.25, -0.2) is 9.86 Å². The second-order valence-electron chi connectivity index (χ2n) is 4.97. The van der Waals surface area contributed by atoms with Gasteiger partial charge in [-0.05, 0) is 19.4 Å². The summed E-state index contributed by atoms with van der Waals surface area (Å²) in [5.74, 6) is -4.86. The Balaban J connectivity index is 2.82. The van der Waals surface area contributed by atoms with E-state index in [0.29, 0.717) is 13.0 Å². The number of carbonyl (C=O) groups excluding carboxylic acids is 2. The number of carboxylic acid groups (broad SMARTS) is 2. The van der Waals surface area contributed by atoms with Crippen molar-refractivity contribution in [3.05, 3.63) is 0 Å². The molecule has 0 saturated carbocycles. The van der Waals surface area contributed by atoms with Gasteiger partial charge in [-0.1, -0.05) is 0 Å². The van der Waals surface area contributed by atoms with Crippen molar-refractivity contribution in [2.75, 3.05) is 13.1 Å². The average Bonchev–Trinajstić information content (AvgIpc) is 2.94. The van der Waals surface area contributed by atoms with Crippen molar-refractivity contribution in [2.45, 2.75) is 31.3 Å². The summed E-state index contributed by atoms with van der Waals surface area (Å²) >= 11 is 0. The molecule has 0 aromatic heterocycles. The maximum absolute atomic E-state index is 12.2. The van der Waals surface area contributed by atoms with E-state index in [4.69, 9.17) is 15.9 Å². The van der Waals surface area contributed by atoms with Crippen LogP contribution in [0.5, 0.6) is 0 Å². The molecule has 1 amide bonds. The van der Waals surface area contributed by atoms with E-state index in [1.807, 2.05) is 0 Å². The fourth-order valence-electron chi connectivity index (χ4n) is 2.37. The van der Waals surface area contributed by atoms with Crippen LogP contribution in [0.2, 0.25) is 0 Å². The quantitative estimate of drug-likeness (QED) is 0.251. The van der Waals surface area contributed by atoms with Crippen LogP contribution in [0.25, 0.3) is 0 Å². The van der Waals surface area contributed by atoms with Gasteiger partial charge in [0, 0.05) is 12.3 Å². The number of hydroxylamine groups is 2. The van der Waals surface area contributed by atoms with E-state index in [9.17, 15) is 24.4 Å². The number of aliphatic carboxylic acids is 2. The Labute approximate surface area is 125 Å². The van der Waals surface area contributed by atoms with Crippen LogP contribution in [0.4, 0.5) is 0 Å². The Hall–Kier alpha value is -2.04. The highest BCUT2D eigenvalue weighted by Crippen LogP contribution is 2.20. The van der Waals surface area contributed by atoms with Crippen molar-refractivity contribution < 1.29 is 34.6 Å². The molecule has 6 N–H and O–H groups in total. The summed E-state index contributed by atoms with van der Waals surface area (Å²) in [6, 6.07) is -2.76. The summed E-state index contributed by atoms with van der Waals surface area (Å²) in [7, 11) is 0. The van der Waals surface area contributed by atoms with Crippen molar-refractivity contribution in [3.8, 4) is 0 Å². The molecule has 1 rings (SSSR count). The second-order valence-corrected chi connectivity index (χ2v) is 4.97. The molecule has 124 valence electrons. The third-order valence-electron chi connectivity index (χ3n) is 3.54. The number of amides is 1. The van der Waals surface area contributed by atoms with Gasteiger partial charge in [0.05, 0.1) is 12.6 Å². The van der Waals surface area contributed by atoms with E-state index in [1.165, 1.54) is 0 Å². The average molecular weight is 317 g/mol. The summed E-state index contributed by atoms with van der Waals surface area (Å²) < 4.78 is 0. The lowest BCUT2D eigenvalue weighted by Crippen LogP contribution is -2.52. The Morgan fingerprint density at radius 2 is 1.91 bits per heavy atom. The highest BCUT2D eigenvalue weighted by molar-refractivity contribution is 5.93. The summed E-state index contributed by atoms with van der Waals surface area (Å²) in [4.78, 5) is 45.4. The lowest BCUT2D eigenvalue weighted by molar-refractivity contribution is -0.189. The standard InChI is InChI=1S/C12H19N3O7/c13-5-8(16)6-3-4-14-10(6)11(19)15(22)7(12(20)21)1-2-9(17)18/h6-7,10,14,22H,1-5,13H2,(H,17,18)(H,20,21)/t6-,7+,10+/m1/s1. The zero-order valence-electron chi connectivity index (χ0n) is 11.8. The van der Waals surface area contributed by atoms with Crippen molar-refractivity contribution >= 4 is 23.6 Å². The number of carbonyl (C=O) groups is 4. The number of rotatable bonds is 8. The number of Topliss-reactive ketones (excluding diaryl/α,β-unsaturated/α-hetero) is 1. The molecule has 1 aliphatic heterocycles. The first kappa shape index (κ1) is 18.0. The minimum atomic E-state index is -1.69. The molecule has 3 atom stereocenters. The van der Waals surface area contributed by atoms with Gasteiger partial charge in [0.15, 0.2) is 11.8 Å². The number of ketones is 1. The molecule has 1 fully saturated rings. The van der Waals surface area contributed by atoms with E-state index < -0.39 is 48.7 Å². The van der Waals surface area contributed by atoms with Gasteiger partial charge in [-0.2, -0.15) is 0 Å². The molecule has 1 aliphatic rings. The molecule has 0 aliphatic carbocycles. The summed E-state index contributed by atoms with van der Waals surface area (Å²) in [5, 5.41) is 30.1. The third-order valence-corrected chi connectivity index (χ3v) is 3.54. The Morgan fingerprint density at radius 1 is 1.27 bits per heavy atom. The first-order valence-electron chi connectivity index (χ1n) is 6.72. The Bertz CT molecular complexity index is 468. The number of nitrogens with one attached hydrogen (secondary N) is 1. The molecule has 0 aromatic carbocycles. The second kappa shape index (κ2) is 7.82. The smallest absolute Gasteiger partial charge is 0.329 e. The van der Waals surface area contributed by atoms with Crippen LogP contribution in [0.1, 0.15) is 19.3 Å². The van der Waals surface area contributed by atoms with Gasteiger partial charge >= 0.3 is 11.9 Å². The lowest BCUT2D eigenvalue weighted by Gasteiger charge is -2.26. The molecule has 0 aromatic rings. The number of nitrogens with two attached hydrogens (primary N) is 1. The van der Waals surface area contributed by atoms with E-state index in [1.54, 1.807) is 0 Å². The normalized spacial score (nSPS) is 22.1. The van der Waals surface area contributed by atoms with Crippen LogP contribution in [0.3, 0.4) is 0 Å². The van der Waals surface area contributed by atoms with Gasteiger partial charge in [0.2, 0.25) is 0 Å². The predicted molar refractivity (Wildman–Crippen MR) is 70.9 cm³/mol. The van der Waals surface area contributed by atoms with Crippen LogP contribution < -0.4 is 11.1 Å². The van der Waals surface area contributed by atoms with Crippen molar-refractivity contribution in [1.29, 1.82) is 0 Å². The van der Waals surface area contributed by atoms with E-state index in [0.717, 1.165) is 0 Å². The van der Waals surface area contributed by atoms with Crippen LogP contribution >= 0.6 is 0 Å². The van der Waals surface area contributed by atoms with Gasteiger partial charge in [-0.15, -0.1) is 0 Å². The van der Waals surface area contributed by atoms with Gasteiger partial charge in [-0.3, -0.25) is 19.6 Å². The zero-order chi connectivity index (χ0) is 16.9. The number of hydrogen-bond acceptors (Lipinski definition) is 7. The molecule has 0 unspecified atom stereocenters. The molecule has 0 bridgehead atoms. The van der Waals surface area contributed by atoms with Crippen molar-refractivity contribution in [3.63, 3.8) is 0 Å². The first-order chi connectivity index (χ1) is 10.3. The minimum absolute atomic E-state index is 0.00887. The minimum Gasteiger partial charge on any atom is -0.481 e. The number of hydrogen-bond donors (Lipinski definition) is 5. The molecule has 10 nitrogen and oxygen atoms in total. The van der Waals surface area contributed by atoms with Crippen LogP contribution in [-0.4, -0.2) is 69.3 Å². The van der Waals surface area contributed by atoms with E-state index in [2.05, 4.69) is 5.32 Å². The third kappa shape index (κ3) is 4.23. The predicted octanol–water partition coefficient (Wildman–Crippen LogP) is -1.97. The van der Waals surface area contributed by atoms with Crippen molar-refractivity contribution in [2.24, 2.45) is 11.7 Å². The number of carboxylic acids is 2. The fourth-order valence-corrected chi connectivity index (χ4v) is 2.37. The van der Waals surface area contributed by atoms with E-state index in [-0.39, 0.29) is 17.4 Å². The topological polar surface area (TPSA) is 170 Å². The van der Waals surface area contributed by atoms with Crippen LogP contribution in [0.15, 0.2) is 0 Å². The molecule has 1 heterocycles. The zero-order valence-corrected chi connectivity index (χ0v) is 11.8. The summed E-state index contributed by atoms with van der Waals surface area (Å²) in [6.45, 7) is 0.0937. The highest BCUT2D eigenvalue weighted by Gasteiger charge is 2.41. The number of nitrogens with zero attached hydrogens (tertiary/aromatic N) is 1. The van der Waals surface area contributed by atoms with Crippen LogP contribution in [0, 0.1) is 5.92 Å².